The Morgan fingerprint density at radius 2 is 1.92 bits per heavy atom. The van der Waals surface area contributed by atoms with Gasteiger partial charge in [-0.2, -0.15) is 0 Å². The molecule has 0 amide bonds. The first kappa shape index (κ1) is 20.5. The zero-order chi connectivity index (χ0) is 19.3. The zero-order valence-corrected chi connectivity index (χ0v) is 16.7. The second-order valence-electron chi connectivity index (χ2n) is 5.40. The summed E-state index contributed by atoms with van der Waals surface area (Å²) in [5, 5.41) is 18.5. The van der Waals surface area contributed by atoms with Gasteiger partial charge in [-0.15, -0.1) is 22.7 Å². The molecule has 0 unspecified atom stereocenters. The van der Waals surface area contributed by atoms with Crippen LogP contribution >= 0.6 is 34.3 Å². The van der Waals surface area contributed by atoms with Gasteiger partial charge in [-0.25, -0.2) is 4.79 Å². The molecule has 2 aromatic rings. The lowest BCUT2D eigenvalue weighted by Crippen LogP contribution is -2.03. The SMILES string of the molecule is CCOc1c(C(=O)O)sc(CCCOc2cc(C)sc2CC(=O)O)c1Cl. The summed E-state index contributed by atoms with van der Waals surface area (Å²) < 4.78 is 11.1. The number of thiophene rings is 2. The molecule has 2 N–H and O–H groups in total. The summed E-state index contributed by atoms with van der Waals surface area (Å²) in [5.74, 6) is -1.14. The number of hydrogen-bond acceptors (Lipinski definition) is 6. The highest BCUT2D eigenvalue weighted by Gasteiger charge is 2.22. The minimum absolute atomic E-state index is 0.0652. The van der Waals surface area contributed by atoms with E-state index in [1.165, 1.54) is 11.3 Å². The number of halogens is 1. The van der Waals surface area contributed by atoms with Crippen LogP contribution in [0.1, 0.15) is 37.6 Å². The second-order valence-corrected chi connectivity index (χ2v) is 8.23. The predicted molar refractivity (Wildman–Crippen MR) is 102 cm³/mol. The number of carboxylic acid groups (broad SMARTS) is 2. The molecule has 0 atom stereocenters. The average molecular weight is 419 g/mol. The van der Waals surface area contributed by atoms with Crippen LogP contribution < -0.4 is 9.47 Å². The number of aliphatic carboxylic acids is 1. The Morgan fingerprint density at radius 3 is 2.54 bits per heavy atom. The molecule has 6 nitrogen and oxygen atoms in total. The maximum absolute atomic E-state index is 11.3. The highest BCUT2D eigenvalue weighted by atomic mass is 35.5. The topological polar surface area (TPSA) is 93.1 Å². The van der Waals surface area contributed by atoms with Crippen molar-refractivity contribution in [1.82, 2.24) is 0 Å². The first-order chi connectivity index (χ1) is 12.3. The smallest absolute Gasteiger partial charge is 0.349 e. The lowest BCUT2D eigenvalue weighted by Gasteiger charge is -2.06. The van der Waals surface area contributed by atoms with Gasteiger partial charge in [0.2, 0.25) is 0 Å². The van der Waals surface area contributed by atoms with Gasteiger partial charge in [0.1, 0.15) is 5.75 Å². The number of ether oxygens (including phenoxy) is 2. The highest BCUT2D eigenvalue weighted by Crippen LogP contribution is 2.40. The summed E-state index contributed by atoms with van der Waals surface area (Å²) >= 11 is 8.77. The van der Waals surface area contributed by atoms with Crippen molar-refractivity contribution in [3.63, 3.8) is 0 Å². The van der Waals surface area contributed by atoms with Crippen LogP contribution in [0.15, 0.2) is 6.07 Å². The Morgan fingerprint density at radius 1 is 1.19 bits per heavy atom. The van der Waals surface area contributed by atoms with Crippen molar-refractivity contribution in [2.75, 3.05) is 13.2 Å². The monoisotopic (exact) mass is 418 g/mol. The molecule has 2 aromatic heterocycles. The van der Waals surface area contributed by atoms with Gasteiger partial charge in [0.15, 0.2) is 10.6 Å². The van der Waals surface area contributed by atoms with Crippen molar-refractivity contribution < 1.29 is 29.3 Å². The molecule has 0 saturated carbocycles. The second kappa shape index (κ2) is 9.25. The Kier molecular flexibility index (Phi) is 7.31. The molecule has 2 heterocycles. The summed E-state index contributed by atoms with van der Waals surface area (Å²) in [6.45, 7) is 4.38. The quantitative estimate of drug-likeness (QED) is 0.551. The van der Waals surface area contributed by atoms with Crippen molar-refractivity contribution >= 4 is 46.2 Å². The number of hydrogen-bond donors (Lipinski definition) is 2. The van der Waals surface area contributed by atoms with E-state index in [0.29, 0.717) is 41.7 Å². The molecule has 0 aliphatic heterocycles. The number of aryl methyl sites for hydroxylation is 2. The number of aromatic carboxylic acids is 1. The summed E-state index contributed by atoms with van der Waals surface area (Å²) in [7, 11) is 0. The lowest BCUT2D eigenvalue weighted by molar-refractivity contribution is -0.136. The molecule has 142 valence electrons. The zero-order valence-electron chi connectivity index (χ0n) is 14.3. The standard InChI is InChI=1S/C17H19ClO6S2/c1-3-23-15-14(18)11(26-16(15)17(21)22)5-4-6-24-10-7-9(2)25-12(10)8-13(19)20/h7H,3-6,8H2,1-2H3,(H,19,20)(H,21,22). The van der Waals surface area contributed by atoms with E-state index in [0.717, 1.165) is 21.1 Å². The number of carboxylic acids is 2. The Labute approximate surface area is 163 Å². The van der Waals surface area contributed by atoms with E-state index in [9.17, 15) is 14.7 Å². The molecule has 0 aliphatic carbocycles. The third-order valence-corrected chi connectivity index (χ3v) is 6.13. The molecule has 0 aliphatic rings. The van der Waals surface area contributed by atoms with E-state index in [2.05, 4.69) is 0 Å². The molecule has 0 aromatic carbocycles. The predicted octanol–water partition coefficient (Wildman–Crippen LogP) is 4.51. The van der Waals surface area contributed by atoms with Gasteiger partial charge in [-0.1, -0.05) is 11.6 Å². The lowest BCUT2D eigenvalue weighted by atomic mass is 10.2. The minimum Gasteiger partial charge on any atom is -0.492 e. The first-order valence-corrected chi connectivity index (χ1v) is 9.95. The Balaban J connectivity index is 1.97. The van der Waals surface area contributed by atoms with Crippen LogP contribution in [0.3, 0.4) is 0 Å². The van der Waals surface area contributed by atoms with E-state index in [4.69, 9.17) is 26.2 Å². The van der Waals surface area contributed by atoms with E-state index in [-0.39, 0.29) is 17.0 Å². The van der Waals surface area contributed by atoms with Gasteiger partial charge in [0, 0.05) is 9.75 Å². The highest BCUT2D eigenvalue weighted by molar-refractivity contribution is 7.15. The van der Waals surface area contributed by atoms with Gasteiger partial charge in [0.25, 0.3) is 0 Å². The molecule has 26 heavy (non-hydrogen) atoms. The van der Waals surface area contributed by atoms with Crippen molar-refractivity contribution in [1.29, 1.82) is 0 Å². The van der Waals surface area contributed by atoms with Crippen LogP contribution in [-0.4, -0.2) is 35.4 Å². The van der Waals surface area contributed by atoms with Crippen LogP contribution in [0.2, 0.25) is 5.02 Å². The molecule has 0 fully saturated rings. The molecule has 0 radical (unpaired) electrons. The Bertz CT molecular complexity index is 796. The van der Waals surface area contributed by atoms with Crippen LogP contribution in [0.4, 0.5) is 0 Å². The van der Waals surface area contributed by atoms with Crippen LogP contribution in [0.25, 0.3) is 0 Å². The third-order valence-electron chi connectivity index (χ3n) is 3.37. The first-order valence-electron chi connectivity index (χ1n) is 7.94. The van der Waals surface area contributed by atoms with E-state index < -0.39 is 11.9 Å². The Hall–Kier alpha value is -1.77. The van der Waals surface area contributed by atoms with Crippen LogP contribution in [-0.2, 0) is 17.6 Å². The third kappa shape index (κ3) is 5.12. The molecule has 0 bridgehead atoms. The van der Waals surface area contributed by atoms with Crippen molar-refractivity contribution in [3.05, 3.63) is 30.6 Å². The molecule has 0 saturated heterocycles. The minimum atomic E-state index is -1.06. The van der Waals surface area contributed by atoms with Crippen LogP contribution in [0, 0.1) is 6.92 Å². The summed E-state index contributed by atoms with van der Waals surface area (Å²) in [4.78, 5) is 24.7. The number of rotatable bonds is 10. The maximum Gasteiger partial charge on any atom is 0.349 e. The fraction of sp³-hybridized carbons (Fsp3) is 0.412. The van der Waals surface area contributed by atoms with E-state index >= 15 is 0 Å². The van der Waals surface area contributed by atoms with Gasteiger partial charge in [0.05, 0.1) is 29.5 Å². The fourth-order valence-electron chi connectivity index (χ4n) is 2.35. The van der Waals surface area contributed by atoms with Crippen LogP contribution in [0.5, 0.6) is 11.5 Å². The molecular weight excluding hydrogens is 400 g/mol. The molecule has 2 rings (SSSR count). The van der Waals surface area contributed by atoms with Crippen molar-refractivity contribution in [2.24, 2.45) is 0 Å². The summed E-state index contributed by atoms with van der Waals surface area (Å²) in [6.07, 6.45) is 1.10. The molecule has 9 heteroatoms. The van der Waals surface area contributed by atoms with E-state index in [1.807, 2.05) is 13.0 Å². The summed E-state index contributed by atoms with van der Waals surface area (Å²) in [6, 6.07) is 1.83. The molecular formula is C17H19ClO6S2. The van der Waals surface area contributed by atoms with E-state index in [1.54, 1.807) is 6.92 Å². The normalized spacial score (nSPS) is 10.7. The summed E-state index contributed by atoms with van der Waals surface area (Å²) in [5.41, 5.74) is 0. The molecule has 0 spiro atoms. The van der Waals surface area contributed by atoms with Gasteiger partial charge in [-0.05, 0) is 32.8 Å². The largest absolute Gasteiger partial charge is 0.492 e. The van der Waals surface area contributed by atoms with Crippen molar-refractivity contribution in [2.45, 2.75) is 33.1 Å². The van der Waals surface area contributed by atoms with Gasteiger partial charge >= 0.3 is 11.9 Å². The fourth-order valence-corrected chi connectivity index (χ4v) is 4.75. The number of carbonyl (C=O) groups is 2. The van der Waals surface area contributed by atoms with Gasteiger partial charge < -0.3 is 19.7 Å². The maximum atomic E-state index is 11.3. The average Bonchev–Trinajstić information content (AvgIpc) is 3.05. The van der Waals surface area contributed by atoms with Crippen molar-refractivity contribution in [3.8, 4) is 11.5 Å². The van der Waals surface area contributed by atoms with Gasteiger partial charge in [-0.3, -0.25) is 4.79 Å².